The Bertz CT molecular complexity index is 658. The highest BCUT2D eigenvalue weighted by molar-refractivity contribution is 5.90. The number of aromatic carboxylic acids is 1. The van der Waals surface area contributed by atoms with Crippen LogP contribution in [0.1, 0.15) is 15.9 Å². The van der Waals surface area contributed by atoms with Crippen molar-refractivity contribution in [3.8, 4) is 5.75 Å². The Morgan fingerprint density at radius 1 is 1.24 bits per heavy atom. The molecule has 0 atom stereocenters. The summed E-state index contributed by atoms with van der Waals surface area (Å²) in [5.41, 5.74) is 0.627. The highest BCUT2D eigenvalue weighted by Crippen LogP contribution is 2.21. The quantitative estimate of drug-likeness (QED) is 0.796. The maximum absolute atomic E-state index is 11.6. The predicted octanol–water partition coefficient (Wildman–Crippen LogP) is 2.23. The minimum atomic E-state index is -1.23. The van der Waals surface area contributed by atoms with Gasteiger partial charge in [-0.25, -0.2) is 14.6 Å². The first kappa shape index (κ1) is 14.3. The zero-order valence-corrected chi connectivity index (χ0v) is 10.8. The molecule has 0 bridgehead atoms. The normalized spacial score (nSPS) is 9.90. The van der Waals surface area contributed by atoms with Crippen LogP contribution in [0.25, 0.3) is 0 Å². The number of aromatic nitrogens is 1. The number of carboxylic acid groups (broad SMARTS) is 1. The standard InChI is InChI=1S/C14H12N2O5/c17-11-6-10(13(18)19)7-15-12(11)16-14(20)21-8-9-4-2-1-3-5-9/h1-7,17H,8H2,(H,18,19)(H,15,16,20). The summed E-state index contributed by atoms with van der Waals surface area (Å²) in [6.45, 7) is 0.0701. The molecule has 0 radical (unpaired) electrons. The minimum absolute atomic E-state index is 0.0701. The van der Waals surface area contributed by atoms with E-state index in [1.165, 1.54) is 0 Å². The highest BCUT2D eigenvalue weighted by atomic mass is 16.5. The molecule has 0 fully saturated rings. The summed E-state index contributed by atoms with van der Waals surface area (Å²) in [4.78, 5) is 25.9. The molecule has 2 aromatic rings. The Balaban J connectivity index is 1.95. The molecule has 108 valence electrons. The lowest BCUT2D eigenvalue weighted by Crippen LogP contribution is -2.15. The number of nitrogens with zero attached hydrogens (tertiary/aromatic N) is 1. The van der Waals surface area contributed by atoms with Gasteiger partial charge in [0.15, 0.2) is 11.6 Å². The number of amides is 1. The van der Waals surface area contributed by atoms with Crippen molar-refractivity contribution < 1.29 is 24.5 Å². The van der Waals surface area contributed by atoms with Gasteiger partial charge in [0.2, 0.25) is 0 Å². The van der Waals surface area contributed by atoms with E-state index < -0.39 is 17.8 Å². The molecule has 1 aromatic heterocycles. The molecule has 2 rings (SSSR count). The molecule has 0 aliphatic heterocycles. The number of hydrogen-bond donors (Lipinski definition) is 3. The maximum Gasteiger partial charge on any atom is 0.413 e. The van der Waals surface area contributed by atoms with Gasteiger partial charge < -0.3 is 14.9 Å². The summed E-state index contributed by atoms with van der Waals surface area (Å²) in [6, 6.07) is 10.1. The highest BCUT2D eigenvalue weighted by Gasteiger charge is 2.12. The molecule has 1 amide bonds. The van der Waals surface area contributed by atoms with E-state index in [0.717, 1.165) is 17.8 Å². The third kappa shape index (κ3) is 3.93. The number of carbonyl (C=O) groups excluding carboxylic acids is 1. The summed E-state index contributed by atoms with van der Waals surface area (Å²) in [5.74, 6) is -1.85. The van der Waals surface area contributed by atoms with E-state index in [-0.39, 0.29) is 18.0 Å². The average Bonchev–Trinajstić information content (AvgIpc) is 2.48. The second-order valence-corrected chi connectivity index (χ2v) is 4.08. The topological polar surface area (TPSA) is 109 Å². The molecule has 0 aliphatic carbocycles. The minimum Gasteiger partial charge on any atom is -0.504 e. The molecule has 1 aromatic carbocycles. The molecular formula is C14H12N2O5. The molecule has 0 saturated heterocycles. The van der Waals surface area contributed by atoms with Crippen molar-refractivity contribution in [3.63, 3.8) is 0 Å². The number of ether oxygens (including phenoxy) is 1. The summed E-state index contributed by atoms with van der Waals surface area (Å²) in [5, 5.41) is 20.5. The van der Waals surface area contributed by atoms with Gasteiger partial charge in [0, 0.05) is 6.20 Å². The number of rotatable bonds is 4. The number of hydrogen-bond acceptors (Lipinski definition) is 5. The lowest BCUT2D eigenvalue weighted by atomic mass is 10.2. The van der Waals surface area contributed by atoms with E-state index in [1.54, 1.807) is 12.1 Å². The second kappa shape index (κ2) is 6.38. The van der Waals surface area contributed by atoms with E-state index in [0.29, 0.717) is 0 Å². The molecule has 0 aliphatic rings. The van der Waals surface area contributed by atoms with Crippen LogP contribution in [-0.4, -0.2) is 27.3 Å². The molecule has 7 heteroatoms. The first-order valence-electron chi connectivity index (χ1n) is 5.96. The van der Waals surface area contributed by atoms with Crippen LogP contribution < -0.4 is 5.32 Å². The van der Waals surface area contributed by atoms with Crippen molar-refractivity contribution in [3.05, 3.63) is 53.7 Å². The predicted molar refractivity (Wildman–Crippen MR) is 73.1 cm³/mol. The lowest BCUT2D eigenvalue weighted by Gasteiger charge is -2.08. The molecule has 7 nitrogen and oxygen atoms in total. The Kier molecular flexibility index (Phi) is 4.35. The van der Waals surface area contributed by atoms with Crippen LogP contribution in [0.2, 0.25) is 0 Å². The zero-order valence-electron chi connectivity index (χ0n) is 10.8. The van der Waals surface area contributed by atoms with E-state index in [9.17, 15) is 14.7 Å². The van der Waals surface area contributed by atoms with Gasteiger partial charge in [0.05, 0.1) is 5.56 Å². The van der Waals surface area contributed by atoms with Gasteiger partial charge in [-0.1, -0.05) is 30.3 Å². The molecule has 0 saturated carbocycles. The largest absolute Gasteiger partial charge is 0.504 e. The molecule has 0 unspecified atom stereocenters. The van der Waals surface area contributed by atoms with Gasteiger partial charge in [-0.15, -0.1) is 0 Å². The van der Waals surface area contributed by atoms with Gasteiger partial charge in [-0.3, -0.25) is 5.32 Å². The van der Waals surface area contributed by atoms with Crippen LogP contribution in [0.3, 0.4) is 0 Å². The molecular weight excluding hydrogens is 276 g/mol. The molecule has 21 heavy (non-hydrogen) atoms. The summed E-state index contributed by atoms with van der Waals surface area (Å²) < 4.78 is 4.95. The number of benzene rings is 1. The SMILES string of the molecule is O=C(Nc1ncc(C(=O)O)cc1O)OCc1ccccc1. The van der Waals surface area contributed by atoms with Crippen LogP contribution in [-0.2, 0) is 11.3 Å². The summed E-state index contributed by atoms with van der Waals surface area (Å²) >= 11 is 0. The van der Waals surface area contributed by atoms with Gasteiger partial charge in [-0.2, -0.15) is 0 Å². The molecule has 1 heterocycles. The number of anilines is 1. The summed E-state index contributed by atoms with van der Waals surface area (Å²) in [7, 11) is 0. The third-order valence-electron chi connectivity index (χ3n) is 2.55. The van der Waals surface area contributed by atoms with Crippen molar-refractivity contribution in [1.29, 1.82) is 0 Å². The van der Waals surface area contributed by atoms with E-state index in [4.69, 9.17) is 9.84 Å². The van der Waals surface area contributed by atoms with Crippen molar-refractivity contribution in [1.82, 2.24) is 4.98 Å². The van der Waals surface area contributed by atoms with Gasteiger partial charge >= 0.3 is 12.1 Å². The Hall–Kier alpha value is -3.09. The zero-order chi connectivity index (χ0) is 15.2. The second-order valence-electron chi connectivity index (χ2n) is 4.08. The third-order valence-corrected chi connectivity index (χ3v) is 2.55. The van der Waals surface area contributed by atoms with Crippen LogP contribution >= 0.6 is 0 Å². The van der Waals surface area contributed by atoms with E-state index >= 15 is 0 Å². The van der Waals surface area contributed by atoms with Crippen molar-refractivity contribution >= 4 is 17.9 Å². The van der Waals surface area contributed by atoms with Gasteiger partial charge in [0.1, 0.15) is 6.61 Å². The Labute approximate surface area is 119 Å². The van der Waals surface area contributed by atoms with Gasteiger partial charge in [-0.05, 0) is 11.6 Å². The average molecular weight is 288 g/mol. The van der Waals surface area contributed by atoms with Crippen molar-refractivity contribution in [2.24, 2.45) is 0 Å². The Morgan fingerprint density at radius 3 is 2.57 bits per heavy atom. The molecule has 0 spiro atoms. The van der Waals surface area contributed by atoms with Crippen LogP contribution in [0.15, 0.2) is 42.6 Å². The first-order valence-corrected chi connectivity index (χ1v) is 5.96. The van der Waals surface area contributed by atoms with Crippen LogP contribution in [0, 0.1) is 0 Å². The fraction of sp³-hybridized carbons (Fsp3) is 0.0714. The van der Waals surface area contributed by atoms with E-state index in [2.05, 4.69) is 10.3 Å². The van der Waals surface area contributed by atoms with Crippen LogP contribution in [0.5, 0.6) is 5.75 Å². The van der Waals surface area contributed by atoms with Gasteiger partial charge in [0.25, 0.3) is 0 Å². The van der Waals surface area contributed by atoms with Crippen molar-refractivity contribution in [2.75, 3.05) is 5.32 Å². The summed E-state index contributed by atoms with van der Waals surface area (Å²) in [6.07, 6.45) is 0.222. The number of carbonyl (C=O) groups is 2. The maximum atomic E-state index is 11.6. The fourth-order valence-electron chi connectivity index (χ4n) is 1.52. The number of nitrogens with one attached hydrogen (secondary N) is 1. The monoisotopic (exact) mass is 288 g/mol. The Morgan fingerprint density at radius 2 is 1.95 bits per heavy atom. The number of pyridine rings is 1. The van der Waals surface area contributed by atoms with Crippen LogP contribution in [0.4, 0.5) is 10.6 Å². The van der Waals surface area contributed by atoms with Crippen molar-refractivity contribution in [2.45, 2.75) is 6.61 Å². The molecule has 3 N–H and O–H groups in total. The van der Waals surface area contributed by atoms with E-state index in [1.807, 2.05) is 18.2 Å². The lowest BCUT2D eigenvalue weighted by molar-refractivity contribution is 0.0696. The number of aromatic hydroxyl groups is 1. The first-order chi connectivity index (χ1) is 10.1. The smallest absolute Gasteiger partial charge is 0.413 e. The fourth-order valence-corrected chi connectivity index (χ4v) is 1.52. The number of carboxylic acids is 1.